The van der Waals surface area contributed by atoms with Crippen molar-refractivity contribution in [3.63, 3.8) is 0 Å². The SMILES string of the molecule is C1=CCNCN=C1.C1=NCCCCCC1.C1=NCNCCC1.C1CCCNCCC1. The van der Waals surface area contributed by atoms with Crippen molar-refractivity contribution in [2.24, 2.45) is 15.0 Å². The molecule has 4 heterocycles. The van der Waals surface area contributed by atoms with Gasteiger partial charge in [-0.2, -0.15) is 0 Å². The molecule has 4 aliphatic heterocycles. The summed E-state index contributed by atoms with van der Waals surface area (Å²) in [6, 6.07) is 0. The third kappa shape index (κ3) is 21.3. The summed E-state index contributed by atoms with van der Waals surface area (Å²) in [4.78, 5) is 12.2. The van der Waals surface area contributed by atoms with Crippen LogP contribution in [0.4, 0.5) is 0 Å². The summed E-state index contributed by atoms with van der Waals surface area (Å²) >= 11 is 0. The molecule has 0 unspecified atom stereocenters. The highest BCUT2D eigenvalue weighted by Gasteiger charge is 1.94. The van der Waals surface area contributed by atoms with Crippen molar-refractivity contribution in [3.8, 4) is 0 Å². The number of hydrogen-bond donors (Lipinski definition) is 3. The summed E-state index contributed by atoms with van der Waals surface area (Å²) in [7, 11) is 0. The standard InChI is InChI=1S/C7H15N.C7H13N.C5H10N2.C5H8N2/c2*1-2-4-6-8-7-5-3-1;2*1-2-4-7-5-6-3-1/h8H,1-7H2;6H,1-5,7H2;3,7H,1-2,4-5H2;1-3,7H,4-5H2. The second-order valence-electron chi connectivity index (χ2n) is 7.85. The van der Waals surface area contributed by atoms with Crippen LogP contribution in [-0.4, -0.2) is 64.7 Å². The molecule has 0 aromatic carbocycles. The van der Waals surface area contributed by atoms with Gasteiger partial charge < -0.3 is 5.32 Å². The quantitative estimate of drug-likeness (QED) is 0.554. The van der Waals surface area contributed by atoms with E-state index in [9.17, 15) is 0 Å². The molecular formula is C24H46N6. The van der Waals surface area contributed by atoms with Gasteiger partial charge in [0.25, 0.3) is 0 Å². The summed E-state index contributed by atoms with van der Waals surface area (Å²) < 4.78 is 0. The Morgan fingerprint density at radius 3 is 2.10 bits per heavy atom. The number of allylic oxidation sites excluding steroid dienone is 1. The Kier molecular flexibility index (Phi) is 21.2. The van der Waals surface area contributed by atoms with Crippen LogP contribution in [-0.2, 0) is 0 Å². The normalized spacial score (nSPS) is 21.9. The lowest BCUT2D eigenvalue weighted by Gasteiger charge is -2.08. The average Bonchev–Trinajstić information content (AvgIpc) is 3.19. The minimum atomic E-state index is 0.757. The first-order chi connectivity index (χ1) is 15.0. The largest absolute Gasteiger partial charge is 0.317 e. The molecule has 0 atom stereocenters. The van der Waals surface area contributed by atoms with Crippen LogP contribution in [0.3, 0.4) is 0 Å². The highest BCUT2D eigenvalue weighted by Crippen LogP contribution is 2.04. The molecule has 0 bridgehead atoms. The van der Waals surface area contributed by atoms with Crippen LogP contribution in [0.25, 0.3) is 0 Å². The van der Waals surface area contributed by atoms with Gasteiger partial charge in [0.1, 0.15) is 0 Å². The number of nitrogens with one attached hydrogen (secondary N) is 3. The first-order valence-electron chi connectivity index (χ1n) is 12.2. The summed E-state index contributed by atoms with van der Waals surface area (Å²) in [5.74, 6) is 0. The van der Waals surface area contributed by atoms with Crippen LogP contribution in [0.2, 0.25) is 0 Å². The molecule has 0 aromatic heterocycles. The molecule has 1 fully saturated rings. The van der Waals surface area contributed by atoms with Crippen molar-refractivity contribution in [3.05, 3.63) is 12.2 Å². The molecule has 3 N–H and O–H groups in total. The van der Waals surface area contributed by atoms with Gasteiger partial charge in [-0.1, -0.05) is 38.2 Å². The maximum absolute atomic E-state index is 4.21. The Bertz CT molecular complexity index is 405. The predicted molar refractivity (Wildman–Crippen MR) is 133 cm³/mol. The minimum Gasteiger partial charge on any atom is -0.317 e. The minimum absolute atomic E-state index is 0.757. The van der Waals surface area contributed by atoms with Gasteiger partial charge in [0, 0.05) is 25.5 Å². The Hall–Kier alpha value is -1.37. The van der Waals surface area contributed by atoms with Crippen LogP contribution in [0.15, 0.2) is 27.1 Å². The van der Waals surface area contributed by atoms with E-state index in [1.807, 2.05) is 18.4 Å². The average molecular weight is 419 g/mol. The lowest BCUT2D eigenvalue weighted by molar-refractivity contribution is 0.516. The molecule has 0 amide bonds. The molecular weight excluding hydrogens is 372 g/mol. The number of rotatable bonds is 0. The fourth-order valence-electron chi connectivity index (χ4n) is 3.20. The van der Waals surface area contributed by atoms with Crippen molar-refractivity contribution in [2.75, 3.05) is 46.1 Å². The third-order valence-corrected chi connectivity index (χ3v) is 5.02. The predicted octanol–water partition coefficient (Wildman–Crippen LogP) is 4.13. The molecule has 172 valence electrons. The third-order valence-electron chi connectivity index (χ3n) is 5.02. The van der Waals surface area contributed by atoms with Gasteiger partial charge in [0.05, 0.1) is 13.3 Å². The highest BCUT2D eigenvalue weighted by molar-refractivity contribution is 5.71. The van der Waals surface area contributed by atoms with Crippen molar-refractivity contribution in [1.82, 2.24) is 16.0 Å². The van der Waals surface area contributed by atoms with Crippen LogP contribution in [0.5, 0.6) is 0 Å². The monoisotopic (exact) mass is 418 g/mol. The van der Waals surface area contributed by atoms with Gasteiger partial charge >= 0.3 is 0 Å². The summed E-state index contributed by atoms with van der Waals surface area (Å²) in [5.41, 5.74) is 0. The molecule has 4 rings (SSSR count). The summed E-state index contributed by atoms with van der Waals surface area (Å²) in [6.45, 7) is 7.22. The second-order valence-corrected chi connectivity index (χ2v) is 7.85. The molecule has 6 nitrogen and oxygen atoms in total. The van der Waals surface area contributed by atoms with Gasteiger partial charge in [-0.25, -0.2) is 0 Å². The van der Waals surface area contributed by atoms with E-state index < -0.39 is 0 Å². The van der Waals surface area contributed by atoms with Gasteiger partial charge in [-0.3, -0.25) is 25.6 Å². The number of nitrogens with zero attached hydrogens (tertiary/aromatic N) is 3. The van der Waals surface area contributed by atoms with Crippen LogP contribution >= 0.6 is 0 Å². The van der Waals surface area contributed by atoms with E-state index in [4.69, 9.17) is 0 Å². The van der Waals surface area contributed by atoms with E-state index in [1.165, 1.54) is 83.7 Å². The van der Waals surface area contributed by atoms with Crippen LogP contribution < -0.4 is 16.0 Å². The Morgan fingerprint density at radius 2 is 1.20 bits per heavy atom. The van der Waals surface area contributed by atoms with Crippen molar-refractivity contribution in [2.45, 2.75) is 77.0 Å². The zero-order valence-electron chi connectivity index (χ0n) is 19.2. The van der Waals surface area contributed by atoms with Crippen LogP contribution in [0, 0.1) is 0 Å². The summed E-state index contributed by atoms with van der Waals surface area (Å²) in [5, 5.41) is 9.60. The summed E-state index contributed by atoms with van der Waals surface area (Å²) in [6.07, 6.45) is 26.0. The van der Waals surface area contributed by atoms with E-state index in [0.29, 0.717) is 0 Å². The van der Waals surface area contributed by atoms with E-state index in [0.717, 1.165) is 39.4 Å². The first-order valence-corrected chi connectivity index (χ1v) is 12.2. The lowest BCUT2D eigenvalue weighted by atomic mass is 10.1. The molecule has 0 saturated carbocycles. The van der Waals surface area contributed by atoms with Gasteiger partial charge in [0.15, 0.2) is 0 Å². The highest BCUT2D eigenvalue weighted by atomic mass is 15.0. The molecule has 1 saturated heterocycles. The van der Waals surface area contributed by atoms with Crippen molar-refractivity contribution < 1.29 is 0 Å². The topological polar surface area (TPSA) is 73.2 Å². The van der Waals surface area contributed by atoms with Gasteiger partial charge in [-0.15, -0.1) is 0 Å². The molecule has 4 aliphatic rings. The number of aliphatic imine (C=N–C) groups is 3. The zero-order valence-corrected chi connectivity index (χ0v) is 19.2. The van der Waals surface area contributed by atoms with Gasteiger partial charge in [0.2, 0.25) is 0 Å². The maximum Gasteiger partial charge on any atom is 0.0886 e. The maximum atomic E-state index is 4.21. The van der Waals surface area contributed by atoms with Crippen molar-refractivity contribution >= 4 is 18.6 Å². The molecule has 0 aliphatic carbocycles. The van der Waals surface area contributed by atoms with Gasteiger partial charge in [-0.05, 0) is 76.9 Å². The fourth-order valence-corrected chi connectivity index (χ4v) is 3.20. The lowest BCUT2D eigenvalue weighted by Crippen LogP contribution is -2.18. The molecule has 30 heavy (non-hydrogen) atoms. The molecule has 6 heteroatoms. The molecule has 0 radical (unpaired) electrons. The Balaban J connectivity index is 0.000000200. The smallest absolute Gasteiger partial charge is 0.0886 e. The Morgan fingerprint density at radius 1 is 0.533 bits per heavy atom. The fraction of sp³-hybridized carbons (Fsp3) is 0.792. The first kappa shape index (κ1) is 26.7. The second kappa shape index (κ2) is 23.9. The van der Waals surface area contributed by atoms with Crippen molar-refractivity contribution in [1.29, 1.82) is 0 Å². The van der Waals surface area contributed by atoms with E-state index in [2.05, 4.69) is 37.1 Å². The van der Waals surface area contributed by atoms with E-state index in [1.54, 1.807) is 6.21 Å². The van der Waals surface area contributed by atoms with E-state index >= 15 is 0 Å². The molecule has 0 aromatic rings. The zero-order chi connectivity index (χ0) is 21.2. The van der Waals surface area contributed by atoms with Crippen LogP contribution in [0.1, 0.15) is 77.0 Å². The number of hydrogen-bond acceptors (Lipinski definition) is 6. The van der Waals surface area contributed by atoms with E-state index in [-0.39, 0.29) is 0 Å². The molecule has 0 spiro atoms. The Labute approximate surface area is 185 Å².